The maximum absolute atomic E-state index is 11.9. The highest BCUT2D eigenvalue weighted by molar-refractivity contribution is 7.99. The minimum atomic E-state index is -0.0783. The number of aromatic nitrogens is 3. The van der Waals surface area contributed by atoms with Gasteiger partial charge in [-0.25, -0.2) is 9.97 Å². The van der Waals surface area contributed by atoms with Crippen molar-refractivity contribution in [1.82, 2.24) is 15.0 Å². The number of hydrogen-bond acceptors (Lipinski definition) is 4. The summed E-state index contributed by atoms with van der Waals surface area (Å²) < 4.78 is 0. The van der Waals surface area contributed by atoms with Crippen LogP contribution in [-0.4, -0.2) is 26.6 Å². The van der Waals surface area contributed by atoms with Gasteiger partial charge in [0.1, 0.15) is 5.15 Å². The fourth-order valence-corrected chi connectivity index (χ4v) is 2.73. The molecule has 2 aromatic heterocycles. The number of rotatable bonds is 4. The minimum absolute atomic E-state index is 0.0783. The number of nitrogens with one attached hydrogen (secondary N) is 2. The predicted octanol–water partition coefficient (Wildman–Crippen LogP) is 3.65. The lowest BCUT2D eigenvalue weighted by Crippen LogP contribution is -2.14. The summed E-state index contributed by atoms with van der Waals surface area (Å²) in [6.45, 7) is 2.00. The number of nitrogens with zero attached hydrogens (tertiary/aromatic N) is 2. The van der Waals surface area contributed by atoms with E-state index in [1.165, 1.54) is 11.8 Å². The van der Waals surface area contributed by atoms with Crippen molar-refractivity contribution in [3.8, 4) is 0 Å². The molecule has 0 unspecified atom stereocenters. The molecule has 0 aliphatic carbocycles. The number of carbonyl (C=O) groups excluding carboxylic acids is 1. The number of hydrogen-bond donors (Lipinski definition) is 2. The van der Waals surface area contributed by atoms with E-state index in [0.717, 1.165) is 22.3 Å². The summed E-state index contributed by atoms with van der Waals surface area (Å²) in [4.78, 5) is 23.4. The van der Waals surface area contributed by atoms with Gasteiger partial charge < -0.3 is 10.3 Å². The lowest BCUT2D eigenvalue weighted by molar-refractivity contribution is -0.113. The second-order valence-electron chi connectivity index (χ2n) is 4.77. The first-order chi connectivity index (χ1) is 10.6. The molecule has 2 N–H and O–H groups in total. The van der Waals surface area contributed by atoms with Crippen LogP contribution in [0.1, 0.15) is 5.56 Å². The summed E-state index contributed by atoms with van der Waals surface area (Å²) in [7, 11) is 0. The normalized spacial score (nSPS) is 10.8. The number of imidazole rings is 1. The Labute approximate surface area is 136 Å². The highest BCUT2D eigenvalue weighted by Crippen LogP contribution is 2.21. The number of halogens is 1. The van der Waals surface area contributed by atoms with Crippen LogP contribution in [0.3, 0.4) is 0 Å². The average molecular weight is 333 g/mol. The third-order valence-corrected chi connectivity index (χ3v) is 4.07. The van der Waals surface area contributed by atoms with Crippen molar-refractivity contribution in [2.45, 2.75) is 12.1 Å². The molecule has 0 saturated carbocycles. The zero-order chi connectivity index (χ0) is 15.5. The molecular weight excluding hydrogens is 320 g/mol. The quantitative estimate of drug-likeness (QED) is 0.565. The van der Waals surface area contributed by atoms with E-state index in [-0.39, 0.29) is 11.7 Å². The SMILES string of the molecule is Cc1ccc(NC(=O)CSc2nc3cc(Cl)ncc3[nH]2)cc1. The molecule has 1 amide bonds. The molecule has 0 spiro atoms. The van der Waals surface area contributed by atoms with Crippen LogP contribution in [-0.2, 0) is 4.79 Å². The first-order valence-corrected chi connectivity index (χ1v) is 7.97. The fourth-order valence-electron chi connectivity index (χ4n) is 1.90. The van der Waals surface area contributed by atoms with Gasteiger partial charge in [-0.1, -0.05) is 41.1 Å². The largest absolute Gasteiger partial charge is 0.332 e. The van der Waals surface area contributed by atoms with Gasteiger partial charge in [0.05, 0.1) is 23.0 Å². The molecule has 0 fully saturated rings. The number of fused-ring (bicyclic) bond motifs is 1. The summed E-state index contributed by atoms with van der Waals surface area (Å²) in [5, 5.41) is 3.91. The molecule has 22 heavy (non-hydrogen) atoms. The maximum atomic E-state index is 11.9. The molecular formula is C15H13ClN4OS. The molecule has 3 aromatic rings. The lowest BCUT2D eigenvalue weighted by Gasteiger charge is -2.04. The van der Waals surface area contributed by atoms with Crippen LogP contribution in [0.4, 0.5) is 5.69 Å². The van der Waals surface area contributed by atoms with Crippen molar-refractivity contribution in [2.24, 2.45) is 0 Å². The van der Waals surface area contributed by atoms with E-state index < -0.39 is 0 Å². The first-order valence-electron chi connectivity index (χ1n) is 6.61. The van der Waals surface area contributed by atoms with Crippen molar-refractivity contribution >= 4 is 46.0 Å². The van der Waals surface area contributed by atoms with Gasteiger partial charge in [-0.05, 0) is 19.1 Å². The van der Waals surface area contributed by atoms with Crippen molar-refractivity contribution in [3.63, 3.8) is 0 Å². The van der Waals surface area contributed by atoms with Gasteiger partial charge in [0.15, 0.2) is 5.16 Å². The Morgan fingerprint density at radius 2 is 2.14 bits per heavy atom. The van der Waals surface area contributed by atoms with Gasteiger partial charge in [0.25, 0.3) is 0 Å². The van der Waals surface area contributed by atoms with Crippen molar-refractivity contribution in [2.75, 3.05) is 11.1 Å². The first kappa shape index (κ1) is 14.9. The van der Waals surface area contributed by atoms with Gasteiger partial charge in [-0.3, -0.25) is 4.79 Å². The second-order valence-corrected chi connectivity index (χ2v) is 6.12. The monoisotopic (exact) mass is 332 g/mol. The van der Waals surface area contributed by atoms with E-state index in [4.69, 9.17) is 11.6 Å². The molecule has 0 bridgehead atoms. The van der Waals surface area contributed by atoms with E-state index in [9.17, 15) is 4.79 Å². The predicted molar refractivity (Wildman–Crippen MR) is 89.4 cm³/mol. The number of carbonyl (C=O) groups is 1. The number of pyridine rings is 1. The van der Waals surface area contributed by atoms with Crippen molar-refractivity contribution < 1.29 is 4.79 Å². The highest BCUT2D eigenvalue weighted by Gasteiger charge is 2.08. The molecule has 7 heteroatoms. The molecule has 0 atom stereocenters. The Kier molecular flexibility index (Phi) is 4.31. The second kappa shape index (κ2) is 6.37. The number of thioether (sulfide) groups is 1. The number of benzene rings is 1. The molecule has 0 aliphatic rings. The third kappa shape index (κ3) is 3.58. The molecule has 0 aliphatic heterocycles. The van der Waals surface area contributed by atoms with Crippen LogP contribution in [0, 0.1) is 6.92 Å². The summed E-state index contributed by atoms with van der Waals surface area (Å²) in [6.07, 6.45) is 1.63. The van der Waals surface area contributed by atoms with Gasteiger partial charge >= 0.3 is 0 Å². The standard InChI is InChI=1S/C15H13ClN4OS/c1-9-2-4-10(5-3-9)18-14(21)8-22-15-19-11-6-13(16)17-7-12(11)20-15/h2-7H,8H2,1H3,(H,18,21)(H,19,20). The van der Waals surface area contributed by atoms with Gasteiger partial charge in [-0.2, -0.15) is 0 Å². The van der Waals surface area contributed by atoms with E-state index in [2.05, 4.69) is 20.3 Å². The number of H-pyrrole nitrogens is 1. The zero-order valence-electron chi connectivity index (χ0n) is 11.8. The summed E-state index contributed by atoms with van der Waals surface area (Å²) >= 11 is 7.15. The molecule has 0 radical (unpaired) electrons. The lowest BCUT2D eigenvalue weighted by atomic mass is 10.2. The molecule has 5 nitrogen and oxygen atoms in total. The van der Waals surface area contributed by atoms with Crippen LogP contribution in [0.2, 0.25) is 5.15 Å². The van der Waals surface area contributed by atoms with Crippen LogP contribution in [0.15, 0.2) is 41.7 Å². The molecule has 2 heterocycles. The van der Waals surface area contributed by atoms with E-state index in [0.29, 0.717) is 10.3 Å². The number of aryl methyl sites for hydroxylation is 1. The van der Waals surface area contributed by atoms with Gasteiger partial charge in [-0.15, -0.1) is 0 Å². The van der Waals surface area contributed by atoms with E-state index in [1.54, 1.807) is 12.3 Å². The summed E-state index contributed by atoms with van der Waals surface area (Å²) in [6, 6.07) is 9.36. The van der Waals surface area contributed by atoms with Crippen LogP contribution in [0.5, 0.6) is 0 Å². The van der Waals surface area contributed by atoms with Crippen LogP contribution >= 0.6 is 23.4 Å². The third-order valence-electron chi connectivity index (χ3n) is 2.99. The number of amides is 1. The van der Waals surface area contributed by atoms with Crippen molar-refractivity contribution in [1.29, 1.82) is 0 Å². The Balaban J connectivity index is 1.61. The van der Waals surface area contributed by atoms with Gasteiger partial charge in [0, 0.05) is 11.8 Å². The number of aromatic amines is 1. The molecule has 3 rings (SSSR count). The van der Waals surface area contributed by atoms with Gasteiger partial charge in [0.2, 0.25) is 5.91 Å². The summed E-state index contributed by atoms with van der Waals surface area (Å²) in [5.41, 5.74) is 3.48. The molecule has 1 aromatic carbocycles. The average Bonchev–Trinajstić information content (AvgIpc) is 2.89. The van der Waals surface area contributed by atoms with Crippen LogP contribution < -0.4 is 5.32 Å². The number of anilines is 1. The smallest absolute Gasteiger partial charge is 0.234 e. The molecule has 0 saturated heterocycles. The Morgan fingerprint density at radius 1 is 1.36 bits per heavy atom. The van der Waals surface area contributed by atoms with Crippen molar-refractivity contribution in [3.05, 3.63) is 47.2 Å². The van der Waals surface area contributed by atoms with E-state index in [1.807, 2.05) is 31.2 Å². The fraction of sp³-hybridized carbons (Fsp3) is 0.133. The zero-order valence-corrected chi connectivity index (χ0v) is 13.3. The topological polar surface area (TPSA) is 70.7 Å². The molecule has 112 valence electrons. The highest BCUT2D eigenvalue weighted by atomic mass is 35.5. The van der Waals surface area contributed by atoms with E-state index >= 15 is 0 Å². The Morgan fingerprint density at radius 3 is 2.91 bits per heavy atom. The minimum Gasteiger partial charge on any atom is -0.332 e. The van der Waals surface area contributed by atoms with Crippen LogP contribution in [0.25, 0.3) is 11.0 Å². The maximum Gasteiger partial charge on any atom is 0.234 e. The Bertz CT molecular complexity index is 816. The summed E-state index contributed by atoms with van der Waals surface area (Å²) in [5.74, 6) is 0.194. The Hall–Kier alpha value is -2.05.